The molecule has 2 aliphatic rings. The van der Waals surface area contributed by atoms with E-state index < -0.39 is 10.0 Å². The van der Waals surface area contributed by atoms with Gasteiger partial charge in [-0.1, -0.05) is 0 Å². The number of nitrogens with zero attached hydrogens (tertiary/aromatic N) is 3. The lowest BCUT2D eigenvalue weighted by atomic mass is 9.85. The van der Waals surface area contributed by atoms with Crippen LogP contribution in [0.15, 0.2) is 5.38 Å². The smallest absolute Gasteiger partial charge is 0.223 e. The Labute approximate surface area is 141 Å². The van der Waals surface area contributed by atoms with Crippen molar-refractivity contribution >= 4 is 27.3 Å². The fourth-order valence-electron chi connectivity index (χ4n) is 3.66. The van der Waals surface area contributed by atoms with Gasteiger partial charge in [0.1, 0.15) is 0 Å². The van der Waals surface area contributed by atoms with Gasteiger partial charge in [-0.15, -0.1) is 11.3 Å². The van der Waals surface area contributed by atoms with Crippen molar-refractivity contribution in [3.63, 3.8) is 0 Å². The van der Waals surface area contributed by atoms with Crippen LogP contribution in [0.1, 0.15) is 43.3 Å². The maximum Gasteiger partial charge on any atom is 0.223 e. The Balaban J connectivity index is 1.75. The molecule has 0 bridgehead atoms. The van der Waals surface area contributed by atoms with Gasteiger partial charge in [0, 0.05) is 30.4 Å². The van der Waals surface area contributed by atoms with E-state index >= 15 is 0 Å². The van der Waals surface area contributed by atoms with E-state index in [0.717, 1.165) is 30.0 Å². The molecular weight excluding hydrogens is 334 g/mol. The number of sulfonamides is 1. The maximum atomic E-state index is 12.4. The van der Waals surface area contributed by atoms with E-state index in [9.17, 15) is 13.2 Å². The molecule has 3 rings (SSSR count). The number of hydrogen-bond acceptors (Lipinski definition) is 5. The number of aromatic nitrogens is 1. The lowest BCUT2D eigenvalue weighted by molar-refractivity contribution is -0.133. The first kappa shape index (κ1) is 16.9. The highest BCUT2D eigenvalue weighted by molar-refractivity contribution is 7.89. The standard InChI is InChI=1S/C15H23N3O3S2/c1-3-23(20,21)17-8-6-15(7-9-17)5-4-14(19)18(15)10-13-11-22-12(2)16-13/h11H,3-10H2,1-2H3. The highest BCUT2D eigenvalue weighted by Gasteiger charge is 2.48. The molecule has 8 heteroatoms. The van der Waals surface area contributed by atoms with Crippen molar-refractivity contribution in [2.75, 3.05) is 18.8 Å². The van der Waals surface area contributed by atoms with Gasteiger partial charge in [-0.05, 0) is 33.1 Å². The summed E-state index contributed by atoms with van der Waals surface area (Å²) in [6, 6.07) is 0. The number of likely N-dealkylation sites (tertiary alicyclic amines) is 1. The number of piperidine rings is 1. The van der Waals surface area contributed by atoms with Gasteiger partial charge in [0.05, 0.1) is 23.0 Å². The maximum absolute atomic E-state index is 12.4. The van der Waals surface area contributed by atoms with E-state index in [1.807, 2.05) is 17.2 Å². The van der Waals surface area contributed by atoms with Crippen LogP contribution in [0.5, 0.6) is 0 Å². The summed E-state index contributed by atoms with van der Waals surface area (Å²) in [6.07, 6.45) is 2.83. The predicted octanol–water partition coefficient (Wildman–Crippen LogP) is 1.76. The highest BCUT2D eigenvalue weighted by atomic mass is 32.2. The molecule has 2 fully saturated rings. The van der Waals surface area contributed by atoms with Crippen LogP contribution in [0, 0.1) is 6.92 Å². The summed E-state index contributed by atoms with van der Waals surface area (Å²) in [5.74, 6) is 0.309. The van der Waals surface area contributed by atoms with Gasteiger partial charge in [0.2, 0.25) is 15.9 Å². The minimum Gasteiger partial charge on any atom is -0.331 e. The van der Waals surface area contributed by atoms with Crippen LogP contribution in [-0.4, -0.2) is 52.9 Å². The van der Waals surface area contributed by atoms with Crippen molar-refractivity contribution in [3.8, 4) is 0 Å². The van der Waals surface area contributed by atoms with E-state index in [-0.39, 0.29) is 17.2 Å². The van der Waals surface area contributed by atoms with Gasteiger partial charge in [0.15, 0.2) is 0 Å². The molecule has 0 aliphatic carbocycles. The second-order valence-corrected chi connectivity index (χ2v) is 9.68. The average molecular weight is 358 g/mol. The Morgan fingerprint density at radius 1 is 1.30 bits per heavy atom. The number of amides is 1. The average Bonchev–Trinajstić information content (AvgIpc) is 3.07. The molecule has 2 aliphatic heterocycles. The van der Waals surface area contributed by atoms with Crippen molar-refractivity contribution in [1.29, 1.82) is 0 Å². The van der Waals surface area contributed by atoms with Gasteiger partial charge in [-0.3, -0.25) is 4.79 Å². The minimum atomic E-state index is -3.13. The summed E-state index contributed by atoms with van der Waals surface area (Å²) in [6.45, 7) is 5.20. The Kier molecular flexibility index (Phi) is 4.50. The third-order valence-electron chi connectivity index (χ3n) is 5.08. The molecule has 0 aromatic carbocycles. The molecule has 3 heterocycles. The molecule has 1 amide bonds. The van der Waals surface area contributed by atoms with E-state index in [4.69, 9.17) is 0 Å². The van der Waals surface area contributed by atoms with E-state index in [1.54, 1.807) is 22.6 Å². The number of carbonyl (C=O) groups is 1. The minimum absolute atomic E-state index is 0.140. The lowest BCUT2D eigenvalue weighted by Gasteiger charge is -2.44. The van der Waals surface area contributed by atoms with Crippen molar-refractivity contribution in [2.24, 2.45) is 0 Å². The van der Waals surface area contributed by atoms with Crippen molar-refractivity contribution in [1.82, 2.24) is 14.2 Å². The molecule has 0 N–H and O–H groups in total. The van der Waals surface area contributed by atoms with Crippen LogP contribution in [0.3, 0.4) is 0 Å². The Hall–Kier alpha value is -0.990. The van der Waals surface area contributed by atoms with Gasteiger partial charge < -0.3 is 4.90 Å². The van der Waals surface area contributed by atoms with Crippen LogP contribution in [-0.2, 0) is 21.4 Å². The topological polar surface area (TPSA) is 70.6 Å². The summed E-state index contributed by atoms with van der Waals surface area (Å²) in [5.41, 5.74) is 0.750. The monoisotopic (exact) mass is 357 g/mol. The zero-order chi connectivity index (χ0) is 16.7. The molecule has 0 atom stereocenters. The second-order valence-electron chi connectivity index (χ2n) is 6.36. The van der Waals surface area contributed by atoms with Crippen LogP contribution in [0.2, 0.25) is 0 Å². The van der Waals surface area contributed by atoms with Gasteiger partial charge in [0.25, 0.3) is 0 Å². The molecular formula is C15H23N3O3S2. The fourth-order valence-corrected chi connectivity index (χ4v) is 5.36. The molecule has 0 radical (unpaired) electrons. The predicted molar refractivity (Wildman–Crippen MR) is 89.6 cm³/mol. The Morgan fingerprint density at radius 2 is 2.00 bits per heavy atom. The Morgan fingerprint density at radius 3 is 2.57 bits per heavy atom. The quantitative estimate of drug-likeness (QED) is 0.823. The zero-order valence-corrected chi connectivity index (χ0v) is 15.3. The van der Waals surface area contributed by atoms with Crippen LogP contribution >= 0.6 is 11.3 Å². The molecule has 1 spiro atoms. The van der Waals surface area contributed by atoms with Crippen molar-refractivity contribution in [2.45, 2.75) is 51.6 Å². The van der Waals surface area contributed by atoms with Crippen LogP contribution < -0.4 is 0 Å². The number of thiazole rings is 1. The molecule has 1 aromatic heterocycles. The van der Waals surface area contributed by atoms with Gasteiger partial charge in [-0.2, -0.15) is 0 Å². The van der Waals surface area contributed by atoms with E-state index in [1.165, 1.54) is 0 Å². The SMILES string of the molecule is CCS(=O)(=O)N1CCC2(CCC(=O)N2Cc2csc(C)n2)CC1. The first-order valence-electron chi connectivity index (χ1n) is 8.06. The number of rotatable bonds is 4. The molecule has 6 nitrogen and oxygen atoms in total. The summed E-state index contributed by atoms with van der Waals surface area (Å²) in [4.78, 5) is 18.8. The largest absolute Gasteiger partial charge is 0.331 e. The summed E-state index contributed by atoms with van der Waals surface area (Å²) in [7, 11) is -3.13. The highest BCUT2D eigenvalue weighted by Crippen LogP contribution is 2.40. The lowest BCUT2D eigenvalue weighted by Crippen LogP contribution is -2.54. The molecule has 2 saturated heterocycles. The van der Waals surface area contributed by atoms with Gasteiger partial charge >= 0.3 is 0 Å². The molecule has 1 aromatic rings. The number of aryl methyl sites for hydroxylation is 1. The first-order valence-corrected chi connectivity index (χ1v) is 10.5. The van der Waals surface area contributed by atoms with Crippen molar-refractivity contribution < 1.29 is 13.2 Å². The van der Waals surface area contributed by atoms with Crippen LogP contribution in [0.25, 0.3) is 0 Å². The first-order chi connectivity index (χ1) is 10.9. The van der Waals surface area contributed by atoms with E-state index in [2.05, 4.69) is 4.98 Å². The second kappa shape index (κ2) is 6.14. The Bertz CT molecular complexity index is 691. The summed E-state index contributed by atoms with van der Waals surface area (Å²) in [5, 5.41) is 3.01. The number of hydrogen-bond donors (Lipinski definition) is 0. The summed E-state index contributed by atoms with van der Waals surface area (Å²) >= 11 is 1.59. The fraction of sp³-hybridized carbons (Fsp3) is 0.733. The summed E-state index contributed by atoms with van der Waals surface area (Å²) < 4.78 is 25.6. The molecule has 128 valence electrons. The molecule has 0 unspecified atom stereocenters. The third-order valence-corrected chi connectivity index (χ3v) is 7.78. The molecule has 0 saturated carbocycles. The number of carbonyl (C=O) groups excluding carboxylic acids is 1. The normalized spacial score (nSPS) is 22.2. The zero-order valence-electron chi connectivity index (χ0n) is 13.6. The van der Waals surface area contributed by atoms with Crippen LogP contribution in [0.4, 0.5) is 0 Å². The third kappa shape index (κ3) is 3.16. The van der Waals surface area contributed by atoms with Crippen molar-refractivity contribution in [3.05, 3.63) is 16.1 Å². The van der Waals surface area contributed by atoms with Gasteiger partial charge in [-0.25, -0.2) is 17.7 Å². The van der Waals surface area contributed by atoms with E-state index in [0.29, 0.717) is 26.1 Å². The molecule has 23 heavy (non-hydrogen) atoms.